The summed E-state index contributed by atoms with van der Waals surface area (Å²) in [6, 6.07) is 15.1. The molecular formula is C20H25ClF3N5O. The number of alkyl halides is 3. The standard InChI is InChI=1S/C10H7ClF3N3.C8H11N.CH5N.CH2O/c11-6-3-1-2-4-7(6)17-9(15)5-8(16-17)10(12,13)14;1-2-7-3-5-8(9)6-4-7;2*1-2/h1-5H,15H2;3-6H,2,9H2,1H3;2H2,1H3;1H2. The summed E-state index contributed by atoms with van der Waals surface area (Å²) in [5.41, 5.74) is 16.9. The lowest BCUT2D eigenvalue weighted by atomic mass is 10.2. The smallest absolute Gasteiger partial charge is 0.399 e. The van der Waals surface area contributed by atoms with Crippen molar-refractivity contribution in [3.8, 4) is 5.69 Å². The van der Waals surface area contributed by atoms with Crippen molar-refractivity contribution in [1.29, 1.82) is 0 Å². The Morgan fingerprint density at radius 1 is 1.03 bits per heavy atom. The van der Waals surface area contributed by atoms with Crippen LogP contribution in [-0.4, -0.2) is 23.6 Å². The van der Waals surface area contributed by atoms with Crippen LogP contribution in [0.3, 0.4) is 0 Å². The molecular weight excluding hydrogens is 419 g/mol. The highest BCUT2D eigenvalue weighted by molar-refractivity contribution is 6.32. The number of para-hydroxylation sites is 1. The molecule has 0 aliphatic rings. The molecule has 0 aliphatic carbocycles. The first-order valence-corrected chi connectivity index (χ1v) is 8.98. The highest BCUT2D eigenvalue weighted by Gasteiger charge is 2.34. The normalized spacial score (nSPS) is 9.83. The van der Waals surface area contributed by atoms with Crippen LogP contribution in [0.25, 0.3) is 5.69 Å². The third-order valence-corrected chi connectivity index (χ3v) is 3.82. The average molecular weight is 444 g/mol. The van der Waals surface area contributed by atoms with Crippen molar-refractivity contribution in [1.82, 2.24) is 9.78 Å². The van der Waals surface area contributed by atoms with Crippen LogP contribution in [0.4, 0.5) is 24.7 Å². The molecule has 0 amide bonds. The van der Waals surface area contributed by atoms with E-state index < -0.39 is 11.9 Å². The molecule has 0 fully saturated rings. The largest absolute Gasteiger partial charge is 0.435 e. The van der Waals surface area contributed by atoms with E-state index >= 15 is 0 Å². The summed E-state index contributed by atoms with van der Waals surface area (Å²) >= 11 is 5.86. The molecule has 30 heavy (non-hydrogen) atoms. The minimum Gasteiger partial charge on any atom is -0.399 e. The third kappa shape index (κ3) is 8.14. The van der Waals surface area contributed by atoms with Gasteiger partial charge in [0.2, 0.25) is 0 Å². The molecule has 6 N–H and O–H groups in total. The summed E-state index contributed by atoms with van der Waals surface area (Å²) in [4.78, 5) is 8.00. The summed E-state index contributed by atoms with van der Waals surface area (Å²) in [5.74, 6) is -0.120. The molecule has 0 unspecified atom stereocenters. The van der Waals surface area contributed by atoms with E-state index in [0.717, 1.165) is 22.9 Å². The zero-order valence-electron chi connectivity index (χ0n) is 16.7. The molecule has 3 rings (SSSR count). The predicted octanol–water partition coefficient (Wildman–Crippen LogP) is 4.35. The van der Waals surface area contributed by atoms with Crippen molar-refractivity contribution in [2.45, 2.75) is 19.5 Å². The van der Waals surface area contributed by atoms with Gasteiger partial charge in [0.05, 0.1) is 10.7 Å². The maximum absolute atomic E-state index is 12.4. The lowest BCUT2D eigenvalue weighted by molar-refractivity contribution is -0.141. The number of benzene rings is 2. The molecule has 2 aromatic carbocycles. The molecule has 0 atom stereocenters. The molecule has 6 nitrogen and oxygen atoms in total. The molecule has 0 aliphatic heterocycles. The summed E-state index contributed by atoms with van der Waals surface area (Å²) in [6.45, 7) is 4.13. The number of aryl methyl sites for hydroxylation is 1. The van der Waals surface area contributed by atoms with Crippen molar-refractivity contribution in [3.63, 3.8) is 0 Å². The molecule has 164 valence electrons. The van der Waals surface area contributed by atoms with Gasteiger partial charge < -0.3 is 22.0 Å². The van der Waals surface area contributed by atoms with E-state index in [1.807, 2.05) is 18.9 Å². The number of rotatable bonds is 2. The van der Waals surface area contributed by atoms with Gasteiger partial charge in [-0.15, -0.1) is 0 Å². The van der Waals surface area contributed by atoms with E-state index in [-0.39, 0.29) is 10.8 Å². The topological polar surface area (TPSA) is 113 Å². The van der Waals surface area contributed by atoms with Gasteiger partial charge >= 0.3 is 6.18 Å². The first kappa shape index (κ1) is 27.0. The molecule has 0 saturated carbocycles. The van der Waals surface area contributed by atoms with Crippen molar-refractivity contribution in [2.75, 3.05) is 18.5 Å². The van der Waals surface area contributed by atoms with Crippen LogP contribution in [0.2, 0.25) is 5.02 Å². The minimum atomic E-state index is -4.53. The Labute approximate surface area is 178 Å². The Morgan fingerprint density at radius 3 is 2.00 bits per heavy atom. The van der Waals surface area contributed by atoms with Crippen LogP contribution < -0.4 is 17.2 Å². The lowest BCUT2D eigenvalue weighted by Crippen LogP contribution is -2.07. The Balaban J connectivity index is 0.000000547. The van der Waals surface area contributed by atoms with E-state index in [0.29, 0.717) is 5.69 Å². The van der Waals surface area contributed by atoms with Crippen molar-refractivity contribution < 1.29 is 18.0 Å². The first-order chi connectivity index (χ1) is 14.2. The summed E-state index contributed by atoms with van der Waals surface area (Å²) in [5, 5.41) is 3.67. The Morgan fingerprint density at radius 2 is 1.57 bits per heavy atom. The van der Waals surface area contributed by atoms with E-state index in [1.165, 1.54) is 18.7 Å². The number of aromatic nitrogens is 2. The fourth-order valence-corrected chi connectivity index (χ4v) is 2.32. The number of hydrogen-bond donors (Lipinski definition) is 3. The molecule has 1 heterocycles. The fourth-order valence-electron chi connectivity index (χ4n) is 2.10. The number of nitrogens with two attached hydrogens (primary N) is 3. The zero-order valence-corrected chi connectivity index (χ0v) is 17.4. The number of carbonyl (C=O) groups excluding carboxylic acids is 1. The Kier molecular flexibility index (Phi) is 11.9. The van der Waals surface area contributed by atoms with Crippen molar-refractivity contribution in [3.05, 3.63) is 70.9 Å². The number of halogens is 4. The van der Waals surface area contributed by atoms with Crippen LogP contribution in [0.15, 0.2) is 54.6 Å². The maximum Gasteiger partial charge on any atom is 0.435 e. The van der Waals surface area contributed by atoms with E-state index in [4.69, 9.17) is 27.9 Å². The number of anilines is 2. The van der Waals surface area contributed by atoms with Gasteiger partial charge in [0.25, 0.3) is 0 Å². The van der Waals surface area contributed by atoms with E-state index in [2.05, 4.69) is 29.9 Å². The Hall–Kier alpha value is -3.04. The van der Waals surface area contributed by atoms with Crippen molar-refractivity contribution in [2.24, 2.45) is 5.73 Å². The molecule has 1 aromatic heterocycles. The third-order valence-electron chi connectivity index (χ3n) is 3.50. The number of carbonyl (C=O) groups is 1. The first-order valence-electron chi connectivity index (χ1n) is 8.61. The molecule has 3 aromatic rings. The summed E-state index contributed by atoms with van der Waals surface area (Å²) < 4.78 is 38.3. The van der Waals surface area contributed by atoms with Gasteiger partial charge in [-0.1, -0.05) is 42.8 Å². The number of nitrogens with zero attached hydrogens (tertiary/aromatic N) is 2. The van der Waals surface area contributed by atoms with Crippen LogP contribution in [0.5, 0.6) is 0 Å². The van der Waals surface area contributed by atoms with Gasteiger partial charge in [-0.3, -0.25) is 0 Å². The van der Waals surface area contributed by atoms with Crippen LogP contribution in [0, 0.1) is 0 Å². The SMILES string of the molecule is C=O.CCc1ccc(N)cc1.CN.Nc1cc(C(F)(F)F)nn1-c1ccccc1Cl. The zero-order chi connectivity index (χ0) is 23.3. The second kappa shape index (κ2) is 13.2. The van der Waals surface area contributed by atoms with Gasteiger partial charge in [0.15, 0.2) is 5.69 Å². The van der Waals surface area contributed by atoms with E-state index in [1.54, 1.807) is 18.2 Å². The lowest BCUT2D eigenvalue weighted by Gasteiger charge is -2.05. The van der Waals surface area contributed by atoms with Gasteiger partial charge in [-0.25, -0.2) is 4.68 Å². The Bertz CT molecular complexity index is 883. The molecule has 0 saturated heterocycles. The van der Waals surface area contributed by atoms with Crippen LogP contribution >= 0.6 is 11.6 Å². The molecule has 0 bridgehead atoms. The number of nitrogen functional groups attached to an aromatic ring is 2. The quantitative estimate of drug-likeness (QED) is 0.509. The molecule has 10 heteroatoms. The van der Waals surface area contributed by atoms with Gasteiger partial charge in [0.1, 0.15) is 12.6 Å². The van der Waals surface area contributed by atoms with Crippen molar-refractivity contribution >= 4 is 29.9 Å². The van der Waals surface area contributed by atoms with Crippen LogP contribution in [0.1, 0.15) is 18.2 Å². The van der Waals surface area contributed by atoms with Gasteiger partial charge in [-0.05, 0) is 43.3 Å². The highest BCUT2D eigenvalue weighted by atomic mass is 35.5. The molecule has 0 spiro atoms. The van der Waals surface area contributed by atoms with E-state index in [9.17, 15) is 13.2 Å². The van der Waals surface area contributed by atoms with Crippen LogP contribution in [-0.2, 0) is 17.4 Å². The number of hydrogen-bond acceptors (Lipinski definition) is 5. The molecule has 0 radical (unpaired) electrons. The maximum atomic E-state index is 12.4. The van der Waals surface area contributed by atoms with Gasteiger partial charge in [-0.2, -0.15) is 18.3 Å². The second-order valence-electron chi connectivity index (χ2n) is 5.41. The van der Waals surface area contributed by atoms with Gasteiger partial charge in [0, 0.05) is 11.8 Å². The summed E-state index contributed by atoms with van der Waals surface area (Å²) in [6.07, 6.45) is -3.44. The average Bonchev–Trinajstić information content (AvgIpc) is 3.14. The minimum absolute atomic E-state index is 0.120. The second-order valence-corrected chi connectivity index (χ2v) is 5.82. The monoisotopic (exact) mass is 443 g/mol. The highest BCUT2D eigenvalue weighted by Crippen LogP contribution is 2.31. The predicted molar refractivity (Wildman–Crippen MR) is 115 cm³/mol. The summed E-state index contributed by atoms with van der Waals surface area (Å²) in [7, 11) is 1.50. The fraction of sp³-hybridized carbons (Fsp3) is 0.200.